The number of hydrogen-bond acceptors (Lipinski definition) is 7. The molecule has 1 aliphatic heterocycles. The summed E-state index contributed by atoms with van der Waals surface area (Å²) in [6, 6.07) is 0. The first kappa shape index (κ1) is 14.6. The molecule has 0 fully saturated rings. The van der Waals surface area contributed by atoms with Crippen molar-refractivity contribution in [3.63, 3.8) is 0 Å². The lowest BCUT2D eigenvalue weighted by Gasteiger charge is -2.27. The molecule has 112 valence electrons. The summed E-state index contributed by atoms with van der Waals surface area (Å²) in [6.45, 7) is 4.39. The standard InChI is InChI=1S/C13H16N4O2S2/c1-9-8-20-12(15-9)7-17-4-3-11-10(6-17)5-14-13(16-11)21(2,18)19/h5,8H,3-4,6-7H2,1-2H3. The number of rotatable bonds is 3. The Morgan fingerprint density at radius 2 is 2.19 bits per heavy atom. The van der Waals surface area contributed by atoms with Gasteiger partial charge in [0.25, 0.3) is 0 Å². The molecular formula is C13H16N4O2S2. The van der Waals surface area contributed by atoms with Crippen LogP contribution in [0.25, 0.3) is 0 Å². The lowest BCUT2D eigenvalue weighted by atomic mass is 10.1. The summed E-state index contributed by atoms with van der Waals surface area (Å²) in [5, 5.41) is 3.07. The predicted octanol–water partition coefficient (Wildman–Crippen LogP) is 1.20. The van der Waals surface area contributed by atoms with Gasteiger partial charge in [0.15, 0.2) is 0 Å². The highest BCUT2D eigenvalue weighted by Gasteiger charge is 2.21. The number of nitrogens with zero attached hydrogens (tertiary/aromatic N) is 4. The molecule has 0 spiro atoms. The zero-order valence-electron chi connectivity index (χ0n) is 11.9. The van der Waals surface area contributed by atoms with E-state index in [9.17, 15) is 8.42 Å². The van der Waals surface area contributed by atoms with Gasteiger partial charge in [-0.05, 0) is 6.92 Å². The maximum Gasteiger partial charge on any atom is 0.246 e. The van der Waals surface area contributed by atoms with Crippen molar-refractivity contribution in [1.29, 1.82) is 0 Å². The van der Waals surface area contributed by atoms with Gasteiger partial charge < -0.3 is 0 Å². The summed E-state index contributed by atoms with van der Waals surface area (Å²) in [5.41, 5.74) is 2.90. The monoisotopic (exact) mass is 324 g/mol. The predicted molar refractivity (Wildman–Crippen MR) is 79.8 cm³/mol. The quantitative estimate of drug-likeness (QED) is 0.790. The maximum atomic E-state index is 11.5. The molecule has 0 saturated carbocycles. The average molecular weight is 324 g/mol. The number of fused-ring (bicyclic) bond motifs is 1. The van der Waals surface area contributed by atoms with Crippen molar-refractivity contribution in [3.05, 3.63) is 33.5 Å². The van der Waals surface area contributed by atoms with Crippen LogP contribution in [0.15, 0.2) is 16.7 Å². The van der Waals surface area contributed by atoms with Gasteiger partial charge in [0.05, 0.1) is 12.2 Å². The van der Waals surface area contributed by atoms with Gasteiger partial charge in [-0.1, -0.05) is 0 Å². The minimum atomic E-state index is -3.34. The second-order valence-electron chi connectivity index (χ2n) is 5.24. The van der Waals surface area contributed by atoms with Crippen LogP contribution >= 0.6 is 11.3 Å². The minimum absolute atomic E-state index is 0.0785. The summed E-state index contributed by atoms with van der Waals surface area (Å²) >= 11 is 1.67. The molecule has 0 amide bonds. The molecule has 2 aromatic rings. The fraction of sp³-hybridized carbons (Fsp3) is 0.462. The molecule has 3 heterocycles. The van der Waals surface area contributed by atoms with Gasteiger partial charge in [-0.15, -0.1) is 11.3 Å². The van der Waals surface area contributed by atoms with E-state index in [0.29, 0.717) is 0 Å². The van der Waals surface area contributed by atoms with Gasteiger partial charge in [0.2, 0.25) is 15.0 Å². The van der Waals surface area contributed by atoms with Gasteiger partial charge in [0, 0.05) is 48.6 Å². The summed E-state index contributed by atoms with van der Waals surface area (Å²) in [4.78, 5) is 14.9. The minimum Gasteiger partial charge on any atom is -0.292 e. The molecule has 21 heavy (non-hydrogen) atoms. The van der Waals surface area contributed by atoms with Crippen molar-refractivity contribution in [3.8, 4) is 0 Å². The Morgan fingerprint density at radius 1 is 1.38 bits per heavy atom. The van der Waals surface area contributed by atoms with E-state index in [1.165, 1.54) is 0 Å². The molecule has 0 aliphatic carbocycles. The SMILES string of the molecule is Cc1csc(CN2CCc3nc(S(C)(=O)=O)ncc3C2)n1. The van der Waals surface area contributed by atoms with E-state index in [0.717, 1.165) is 54.3 Å². The Labute approximate surface area is 127 Å². The zero-order chi connectivity index (χ0) is 15.0. The van der Waals surface area contributed by atoms with E-state index < -0.39 is 9.84 Å². The Balaban J connectivity index is 1.77. The van der Waals surface area contributed by atoms with E-state index in [-0.39, 0.29) is 5.16 Å². The summed E-state index contributed by atoms with van der Waals surface area (Å²) in [6.07, 6.45) is 3.51. The van der Waals surface area contributed by atoms with Crippen molar-refractivity contribution in [2.24, 2.45) is 0 Å². The van der Waals surface area contributed by atoms with Crippen LogP contribution in [0.3, 0.4) is 0 Å². The molecule has 0 unspecified atom stereocenters. The molecule has 2 aromatic heterocycles. The van der Waals surface area contributed by atoms with Crippen LogP contribution in [0.1, 0.15) is 22.0 Å². The molecule has 0 N–H and O–H groups in total. The second-order valence-corrected chi connectivity index (χ2v) is 8.09. The number of sulfone groups is 1. The third-order valence-corrected chi connectivity index (χ3v) is 5.16. The molecule has 6 nitrogen and oxygen atoms in total. The molecule has 0 saturated heterocycles. The fourth-order valence-corrected chi connectivity index (χ4v) is 3.67. The van der Waals surface area contributed by atoms with Crippen LogP contribution in [0.5, 0.6) is 0 Å². The molecule has 0 aromatic carbocycles. The Bertz CT molecular complexity index is 770. The first-order valence-corrected chi connectivity index (χ1v) is 9.37. The molecule has 0 atom stereocenters. The zero-order valence-corrected chi connectivity index (χ0v) is 13.5. The largest absolute Gasteiger partial charge is 0.292 e. The first-order chi connectivity index (χ1) is 9.91. The molecular weight excluding hydrogens is 308 g/mol. The van der Waals surface area contributed by atoms with E-state index in [1.54, 1.807) is 17.5 Å². The van der Waals surface area contributed by atoms with Crippen LogP contribution < -0.4 is 0 Å². The van der Waals surface area contributed by atoms with Crippen molar-refractivity contribution in [2.75, 3.05) is 12.8 Å². The Kier molecular flexibility index (Phi) is 3.76. The van der Waals surface area contributed by atoms with E-state index in [4.69, 9.17) is 0 Å². The van der Waals surface area contributed by atoms with Crippen LogP contribution in [-0.2, 0) is 29.3 Å². The van der Waals surface area contributed by atoms with Crippen molar-refractivity contribution < 1.29 is 8.42 Å². The van der Waals surface area contributed by atoms with Crippen molar-refractivity contribution in [2.45, 2.75) is 31.6 Å². The summed E-state index contributed by atoms with van der Waals surface area (Å²) < 4.78 is 23.0. The highest BCUT2D eigenvalue weighted by molar-refractivity contribution is 7.90. The van der Waals surface area contributed by atoms with Gasteiger partial charge in [0.1, 0.15) is 5.01 Å². The normalized spacial score (nSPS) is 15.9. The molecule has 0 bridgehead atoms. The summed E-state index contributed by atoms with van der Waals surface area (Å²) in [7, 11) is -3.34. The molecule has 3 rings (SSSR count). The van der Waals surface area contributed by atoms with E-state index in [1.807, 2.05) is 6.92 Å². The molecule has 1 aliphatic rings. The smallest absolute Gasteiger partial charge is 0.246 e. The van der Waals surface area contributed by atoms with Crippen LogP contribution in [0, 0.1) is 6.92 Å². The second kappa shape index (κ2) is 5.43. The van der Waals surface area contributed by atoms with Gasteiger partial charge >= 0.3 is 0 Å². The van der Waals surface area contributed by atoms with Crippen LogP contribution in [0.4, 0.5) is 0 Å². The topological polar surface area (TPSA) is 76.1 Å². The maximum absolute atomic E-state index is 11.5. The third-order valence-electron chi connectivity index (χ3n) is 3.35. The lowest BCUT2D eigenvalue weighted by molar-refractivity contribution is 0.241. The van der Waals surface area contributed by atoms with Crippen molar-refractivity contribution >= 4 is 21.2 Å². The third kappa shape index (κ3) is 3.28. The highest BCUT2D eigenvalue weighted by Crippen LogP contribution is 2.20. The lowest BCUT2D eigenvalue weighted by Crippen LogP contribution is -2.31. The van der Waals surface area contributed by atoms with Crippen molar-refractivity contribution in [1.82, 2.24) is 19.9 Å². The molecule has 0 radical (unpaired) electrons. The number of aromatic nitrogens is 3. The fourth-order valence-electron chi connectivity index (χ4n) is 2.34. The first-order valence-electron chi connectivity index (χ1n) is 6.60. The molecule has 8 heteroatoms. The Hall–Kier alpha value is -1.38. The number of thiazole rings is 1. The van der Waals surface area contributed by atoms with Gasteiger partial charge in [-0.25, -0.2) is 23.4 Å². The number of hydrogen-bond donors (Lipinski definition) is 0. The highest BCUT2D eigenvalue weighted by atomic mass is 32.2. The summed E-state index contributed by atoms with van der Waals surface area (Å²) in [5.74, 6) is 0. The van der Waals surface area contributed by atoms with Crippen LogP contribution in [-0.4, -0.2) is 41.1 Å². The number of aryl methyl sites for hydroxylation is 1. The van der Waals surface area contributed by atoms with Crippen LogP contribution in [0.2, 0.25) is 0 Å². The van der Waals surface area contributed by atoms with E-state index in [2.05, 4.69) is 25.2 Å². The van der Waals surface area contributed by atoms with Gasteiger partial charge in [-0.3, -0.25) is 4.90 Å². The Morgan fingerprint density at radius 3 is 2.86 bits per heavy atom. The van der Waals surface area contributed by atoms with Gasteiger partial charge in [-0.2, -0.15) is 0 Å². The average Bonchev–Trinajstić information content (AvgIpc) is 2.82. The van der Waals surface area contributed by atoms with E-state index >= 15 is 0 Å².